The number of nitrogens with one attached hydrogen (secondary N) is 1. The summed E-state index contributed by atoms with van der Waals surface area (Å²) >= 11 is 0. The molecule has 2 atom stereocenters. The second-order valence-electron chi connectivity index (χ2n) is 3.95. The fourth-order valence-corrected chi connectivity index (χ4v) is 1.56. The van der Waals surface area contributed by atoms with Gasteiger partial charge in [-0.15, -0.1) is 0 Å². The van der Waals surface area contributed by atoms with Crippen LogP contribution < -0.4 is 14.8 Å². The van der Waals surface area contributed by atoms with Crippen LogP contribution in [0, 0.1) is 0 Å². The number of aromatic nitrogens is 2. The third-order valence-electron chi connectivity index (χ3n) is 2.80. The molecule has 0 bridgehead atoms. The van der Waals surface area contributed by atoms with Gasteiger partial charge in [0.2, 0.25) is 11.8 Å². The van der Waals surface area contributed by atoms with E-state index in [9.17, 15) is 0 Å². The lowest BCUT2D eigenvalue weighted by atomic mass is 10.0. The van der Waals surface area contributed by atoms with E-state index in [0.717, 1.165) is 12.4 Å². The average Bonchev–Trinajstić information content (AvgIpc) is 2.37. The minimum Gasteiger partial charge on any atom is -0.481 e. The lowest BCUT2D eigenvalue weighted by molar-refractivity contribution is 0.361. The van der Waals surface area contributed by atoms with Crippen LogP contribution in [0.25, 0.3) is 0 Å². The summed E-state index contributed by atoms with van der Waals surface area (Å²) in [6.07, 6.45) is 0. The van der Waals surface area contributed by atoms with Gasteiger partial charge in [-0.1, -0.05) is 13.8 Å². The molecule has 1 N–H and O–H groups in total. The first kappa shape index (κ1) is 13.7. The first-order valence-corrected chi connectivity index (χ1v) is 5.82. The zero-order valence-corrected chi connectivity index (χ0v) is 11.2. The van der Waals surface area contributed by atoms with Crippen molar-refractivity contribution in [2.24, 2.45) is 0 Å². The van der Waals surface area contributed by atoms with Crippen LogP contribution in [-0.2, 0) is 0 Å². The predicted molar refractivity (Wildman–Crippen MR) is 66.7 cm³/mol. The Morgan fingerprint density at radius 2 is 1.71 bits per heavy atom. The fraction of sp³-hybridized carbons (Fsp3) is 0.667. The van der Waals surface area contributed by atoms with Gasteiger partial charge in [-0.05, 0) is 13.5 Å². The maximum Gasteiger partial charge on any atom is 0.220 e. The fourth-order valence-electron chi connectivity index (χ4n) is 1.56. The van der Waals surface area contributed by atoms with Crippen LogP contribution in [0.5, 0.6) is 11.8 Å². The van der Waals surface area contributed by atoms with Gasteiger partial charge in [0, 0.05) is 12.0 Å². The third kappa shape index (κ3) is 3.56. The number of methoxy groups -OCH3 is 2. The van der Waals surface area contributed by atoms with Gasteiger partial charge in [-0.3, -0.25) is 0 Å². The summed E-state index contributed by atoms with van der Waals surface area (Å²) in [6.45, 7) is 7.20. The number of ether oxygens (including phenoxy) is 2. The highest BCUT2D eigenvalue weighted by atomic mass is 16.5. The zero-order valence-electron chi connectivity index (χ0n) is 11.2. The molecule has 0 radical (unpaired) electrons. The van der Waals surface area contributed by atoms with Crippen LogP contribution >= 0.6 is 0 Å². The predicted octanol–water partition coefficient (Wildman–Crippen LogP) is 1.60. The van der Waals surface area contributed by atoms with E-state index in [0.29, 0.717) is 17.8 Å². The molecule has 0 aliphatic rings. The van der Waals surface area contributed by atoms with Crippen LogP contribution in [0.15, 0.2) is 6.07 Å². The van der Waals surface area contributed by atoms with Crippen molar-refractivity contribution in [2.75, 3.05) is 20.8 Å². The largest absolute Gasteiger partial charge is 0.481 e. The van der Waals surface area contributed by atoms with Gasteiger partial charge < -0.3 is 14.8 Å². The highest BCUT2D eigenvalue weighted by Gasteiger charge is 2.18. The normalized spacial score (nSPS) is 14.2. The molecule has 0 fully saturated rings. The van der Waals surface area contributed by atoms with Crippen molar-refractivity contribution in [3.05, 3.63) is 11.9 Å². The van der Waals surface area contributed by atoms with Crippen LogP contribution in [0.2, 0.25) is 0 Å². The number of hydrogen-bond acceptors (Lipinski definition) is 5. The Kier molecular flexibility index (Phi) is 5.15. The molecule has 0 amide bonds. The van der Waals surface area contributed by atoms with E-state index < -0.39 is 0 Å². The van der Waals surface area contributed by atoms with Gasteiger partial charge >= 0.3 is 0 Å². The van der Waals surface area contributed by atoms with Crippen molar-refractivity contribution in [3.8, 4) is 11.8 Å². The Morgan fingerprint density at radius 3 is 2.12 bits per heavy atom. The molecule has 0 saturated carbocycles. The maximum absolute atomic E-state index is 5.14. The second-order valence-corrected chi connectivity index (χ2v) is 3.95. The molecule has 0 spiro atoms. The van der Waals surface area contributed by atoms with Gasteiger partial charge in [0.05, 0.1) is 20.3 Å². The summed E-state index contributed by atoms with van der Waals surface area (Å²) in [5.74, 6) is 1.98. The third-order valence-corrected chi connectivity index (χ3v) is 2.80. The van der Waals surface area contributed by atoms with Crippen molar-refractivity contribution >= 4 is 0 Å². The Morgan fingerprint density at radius 1 is 1.18 bits per heavy atom. The summed E-state index contributed by atoms with van der Waals surface area (Å²) in [7, 11) is 3.17. The first-order valence-electron chi connectivity index (χ1n) is 5.82. The molecule has 2 unspecified atom stereocenters. The van der Waals surface area contributed by atoms with Crippen molar-refractivity contribution in [1.82, 2.24) is 15.3 Å². The SMILES string of the molecule is CCNC(C)C(C)c1nc(OC)cc(OC)n1. The van der Waals surface area contributed by atoms with Crippen LogP contribution in [0.3, 0.4) is 0 Å². The molecule has 0 saturated heterocycles. The van der Waals surface area contributed by atoms with Crippen molar-refractivity contribution in [1.29, 1.82) is 0 Å². The minimum absolute atomic E-state index is 0.193. The summed E-state index contributed by atoms with van der Waals surface area (Å²) in [6, 6.07) is 1.98. The average molecular weight is 239 g/mol. The van der Waals surface area contributed by atoms with E-state index in [1.54, 1.807) is 20.3 Å². The van der Waals surface area contributed by atoms with Gasteiger partial charge in [0.15, 0.2) is 0 Å². The summed E-state index contributed by atoms with van der Waals surface area (Å²) < 4.78 is 10.3. The Labute approximate surface area is 103 Å². The second kappa shape index (κ2) is 6.39. The summed E-state index contributed by atoms with van der Waals surface area (Å²) in [5.41, 5.74) is 0. The summed E-state index contributed by atoms with van der Waals surface area (Å²) in [4.78, 5) is 8.70. The molecule has 1 rings (SSSR count). The molecule has 5 nitrogen and oxygen atoms in total. The Hall–Kier alpha value is -1.36. The molecule has 1 aromatic rings. The van der Waals surface area contributed by atoms with E-state index in [2.05, 4.69) is 36.1 Å². The lowest BCUT2D eigenvalue weighted by Crippen LogP contribution is -2.31. The number of likely N-dealkylation sites (N-methyl/N-ethyl adjacent to an activating group) is 1. The van der Waals surface area contributed by atoms with E-state index >= 15 is 0 Å². The molecular formula is C12H21N3O2. The summed E-state index contributed by atoms with van der Waals surface area (Å²) in [5, 5.41) is 3.36. The molecule has 0 aliphatic carbocycles. The highest BCUT2D eigenvalue weighted by molar-refractivity contribution is 5.22. The Balaban J connectivity index is 2.95. The van der Waals surface area contributed by atoms with Crippen LogP contribution in [0.4, 0.5) is 0 Å². The molecule has 96 valence electrons. The van der Waals surface area contributed by atoms with Gasteiger partial charge in [-0.2, -0.15) is 9.97 Å². The standard InChI is InChI=1S/C12H21N3O2/c1-6-13-9(3)8(2)12-14-10(16-4)7-11(15-12)17-5/h7-9,13H,6H2,1-5H3. The smallest absolute Gasteiger partial charge is 0.220 e. The van der Waals surface area contributed by atoms with E-state index in [-0.39, 0.29) is 5.92 Å². The molecular weight excluding hydrogens is 218 g/mol. The Bertz CT molecular complexity index is 335. The minimum atomic E-state index is 0.193. The molecule has 5 heteroatoms. The van der Waals surface area contributed by atoms with Crippen molar-refractivity contribution in [2.45, 2.75) is 32.7 Å². The van der Waals surface area contributed by atoms with Crippen LogP contribution in [-0.4, -0.2) is 36.8 Å². The molecule has 1 aromatic heterocycles. The molecule has 17 heavy (non-hydrogen) atoms. The monoisotopic (exact) mass is 239 g/mol. The lowest BCUT2D eigenvalue weighted by Gasteiger charge is -2.20. The van der Waals surface area contributed by atoms with Gasteiger partial charge in [-0.25, -0.2) is 0 Å². The number of hydrogen-bond donors (Lipinski definition) is 1. The number of rotatable bonds is 6. The quantitative estimate of drug-likeness (QED) is 0.817. The number of nitrogens with zero attached hydrogens (tertiary/aromatic N) is 2. The molecule has 0 aromatic carbocycles. The van der Waals surface area contributed by atoms with Crippen molar-refractivity contribution < 1.29 is 9.47 Å². The van der Waals surface area contributed by atoms with E-state index in [1.807, 2.05) is 0 Å². The van der Waals surface area contributed by atoms with Gasteiger partial charge in [0.1, 0.15) is 5.82 Å². The van der Waals surface area contributed by atoms with E-state index in [4.69, 9.17) is 9.47 Å². The topological polar surface area (TPSA) is 56.3 Å². The first-order chi connectivity index (χ1) is 8.12. The van der Waals surface area contributed by atoms with E-state index in [1.165, 1.54) is 0 Å². The van der Waals surface area contributed by atoms with Gasteiger partial charge in [0.25, 0.3) is 0 Å². The maximum atomic E-state index is 5.14. The highest BCUT2D eigenvalue weighted by Crippen LogP contribution is 2.21. The van der Waals surface area contributed by atoms with Crippen molar-refractivity contribution in [3.63, 3.8) is 0 Å². The van der Waals surface area contributed by atoms with Crippen LogP contribution in [0.1, 0.15) is 32.5 Å². The zero-order chi connectivity index (χ0) is 12.8. The molecule has 0 aliphatic heterocycles. The molecule has 1 heterocycles.